The van der Waals surface area contributed by atoms with Crippen LogP contribution >= 0.6 is 0 Å². The Morgan fingerprint density at radius 1 is 1.07 bits per heavy atom. The Bertz CT molecular complexity index is 192. The van der Waals surface area contributed by atoms with E-state index in [0.29, 0.717) is 5.04 Å². The fraction of sp³-hybridized carbons (Fsp3) is 1.00. The van der Waals surface area contributed by atoms with Crippen molar-refractivity contribution < 1.29 is 4.43 Å². The van der Waals surface area contributed by atoms with Gasteiger partial charge in [0.25, 0.3) is 0 Å². The van der Waals surface area contributed by atoms with Crippen LogP contribution in [0.4, 0.5) is 0 Å². The molecule has 0 amide bonds. The third-order valence-corrected chi connectivity index (χ3v) is 8.33. The van der Waals surface area contributed by atoms with E-state index in [-0.39, 0.29) is 0 Å². The SMILES string of the molecule is CC(C)(C)[Si](C)(C)OCN1CCCCC1. The van der Waals surface area contributed by atoms with E-state index >= 15 is 0 Å². The van der Waals surface area contributed by atoms with Crippen LogP contribution in [0.2, 0.25) is 18.1 Å². The van der Waals surface area contributed by atoms with E-state index in [0.717, 1.165) is 6.73 Å². The van der Waals surface area contributed by atoms with Gasteiger partial charge in [-0.25, -0.2) is 0 Å². The molecule has 0 radical (unpaired) electrons. The molecule has 0 bridgehead atoms. The molecule has 0 aromatic rings. The molecule has 2 nitrogen and oxygen atoms in total. The van der Waals surface area contributed by atoms with E-state index in [9.17, 15) is 0 Å². The van der Waals surface area contributed by atoms with Crippen molar-refractivity contribution in [3.63, 3.8) is 0 Å². The predicted octanol–water partition coefficient (Wildman–Crippen LogP) is 3.45. The Labute approximate surface area is 96.1 Å². The molecule has 0 N–H and O–H groups in total. The van der Waals surface area contributed by atoms with Crippen LogP contribution in [0, 0.1) is 0 Å². The van der Waals surface area contributed by atoms with Crippen LogP contribution in [0.5, 0.6) is 0 Å². The van der Waals surface area contributed by atoms with Crippen molar-refractivity contribution in [2.24, 2.45) is 0 Å². The molecule has 1 fully saturated rings. The first-order valence-electron chi connectivity index (χ1n) is 6.19. The molecule has 0 aromatic heterocycles. The fourth-order valence-corrected chi connectivity index (χ4v) is 2.50. The van der Waals surface area contributed by atoms with Crippen LogP contribution in [0.1, 0.15) is 40.0 Å². The van der Waals surface area contributed by atoms with E-state index in [1.165, 1.54) is 32.4 Å². The molecule has 1 aliphatic rings. The highest BCUT2D eigenvalue weighted by molar-refractivity contribution is 6.74. The lowest BCUT2D eigenvalue weighted by molar-refractivity contribution is 0.0960. The quantitative estimate of drug-likeness (QED) is 0.687. The Morgan fingerprint density at radius 3 is 2.07 bits per heavy atom. The largest absolute Gasteiger partial charge is 0.404 e. The van der Waals surface area contributed by atoms with Gasteiger partial charge in [-0.3, -0.25) is 4.90 Å². The van der Waals surface area contributed by atoms with Crippen molar-refractivity contribution >= 4 is 8.32 Å². The highest BCUT2D eigenvalue weighted by Gasteiger charge is 2.37. The molecular formula is C12H27NOSi. The smallest absolute Gasteiger partial charge is 0.193 e. The molecule has 0 spiro atoms. The van der Waals surface area contributed by atoms with Gasteiger partial charge in [0.1, 0.15) is 0 Å². The van der Waals surface area contributed by atoms with Gasteiger partial charge < -0.3 is 4.43 Å². The highest BCUT2D eigenvalue weighted by atomic mass is 28.4. The molecule has 0 saturated carbocycles. The summed E-state index contributed by atoms with van der Waals surface area (Å²) in [4.78, 5) is 2.46. The summed E-state index contributed by atoms with van der Waals surface area (Å²) in [5, 5.41) is 0.336. The molecule has 0 atom stereocenters. The van der Waals surface area contributed by atoms with E-state index in [1.807, 2.05) is 0 Å². The summed E-state index contributed by atoms with van der Waals surface area (Å²) in [5.74, 6) is 0. The monoisotopic (exact) mass is 229 g/mol. The molecule has 0 aromatic carbocycles. The number of hydrogen-bond acceptors (Lipinski definition) is 2. The van der Waals surface area contributed by atoms with Crippen LogP contribution in [0.3, 0.4) is 0 Å². The minimum Gasteiger partial charge on any atom is -0.404 e. The highest BCUT2D eigenvalue weighted by Crippen LogP contribution is 2.36. The zero-order valence-corrected chi connectivity index (χ0v) is 12.1. The van der Waals surface area contributed by atoms with Crippen molar-refractivity contribution in [2.45, 2.75) is 58.2 Å². The van der Waals surface area contributed by atoms with E-state index in [2.05, 4.69) is 38.8 Å². The number of likely N-dealkylation sites (tertiary alicyclic amines) is 1. The van der Waals surface area contributed by atoms with E-state index < -0.39 is 8.32 Å². The van der Waals surface area contributed by atoms with Crippen molar-refractivity contribution in [3.05, 3.63) is 0 Å². The van der Waals surface area contributed by atoms with Gasteiger partial charge in [-0.1, -0.05) is 27.2 Å². The second-order valence-electron chi connectivity index (χ2n) is 6.21. The van der Waals surface area contributed by atoms with Gasteiger partial charge in [0.05, 0.1) is 6.73 Å². The molecule has 90 valence electrons. The number of rotatable bonds is 3. The average Bonchev–Trinajstić information content (AvgIpc) is 2.15. The molecule has 0 unspecified atom stereocenters. The first-order chi connectivity index (χ1) is 6.83. The predicted molar refractivity (Wildman–Crippen MR) is 68.6 cm³/mol. The standard InChI is InChI=1S/C12H27NOSi/c1-12(2,3)15(4,5)14-11-13-9-7-6-8-10-13/h6-11H2,1-5H3. The molecule has 1 aliphatic heterocycles. The number of hydrogen-bond donors (Lipinski definition) is 0. The Balaban J connectivity index is 2.35. The van der Waals surface area contributed by atoms with E-state index in [1.54, 1.807) is 0 Å². The summed E-state index contributed by atoms with van der Waals surface area (Å²) < 4.78 is 6.20. The first kappa shape index (κ1) is 13.2. The van der Waals surface area contributed by atoms with Gasteiger partial charge in [-0.2, -0.15) is 0 Å². The van der Waals surface area contributed by atoms with Gasteiger partial charge in [0, 0.05) is 13.1 Å². The van der Waals surface area contributed by atoms with Crippen LogP contribution in [-0.2, 0) is 4.43 Å². The van der Waals surface area contributed by atoms with Gasteiger partial charge in [0.2, 0.25) is 0 Å². The summed E-state index contributed by atoms with van der Waals surface area (Å²) >= 11 is 0. The molecule has 1 saturated heterocycles. The van der Waals surface area contributed by atoms with Gasteiger partial charge in [0.15, 0.2) is 8.32 Å². The summed E-state index contributed by atoms with van der Waals surface area (Å²) in [5.41, 5.74) is 0. The third kappa shape index (κ3) is 3.89. The zero-order valence-electron chi connectivity index (χ0n) is 11.1. The zero-order chi connectivity index (χ0) is 11.5. The lowest BCUT2D eigenvalue weighted by atomic mass is 10.1. The van der Waals surface area contributed by atoms with Crippen LogP contribution < -0.4 is 0 Å². The second-order valence-corrected chi connectivity index (χ2v) is 11.0. The van der Waals surface area contributed by atoms with Crippen molar-refractivity contribution in [2.75, 3.05) is 19.8 Å². The Hall–Kier alpha value is 0.137. The first-order valence-corrected chi connectivity index (χ1v) is 9.10. The minimum atomic E-state index is -1.53. The fourth-order valence-electron chi connectivity index (χ4n) is 1.56. The lowest BCUT2D eigenvalue weighted by Gasteiger charge is -2.38. The van der Waals surface area contributed by atoms with Gasteiger partial charge >= 0.3 is 0 Å². The van der Waals surface area contributed by atoms with Crippen molar-refractivity contribution in [1.82, 2.24) is 4.90 Å². The molecule has 3 heteroatoms. The Kier molecular flexibility index (Phi) is 4.38. The molecular weight excluding hydrogens is 202 g/mol. The molecule has 15 heavy (non-hydrogen) atoms. The summed E-state index contributed by atoms with van der Waals surface area (Å²) in [6, 6.07) is 0. The maximum atomic E-state index is 6.20. The minimum absolute atomic E-state index is 0.336. The summed E-state index contributed by atoms with van der Waals surface area (Å²) in [6.45, 7) is 14.9. The maximum Gasteiger partial charge on any atom is 0.193 e. The topological polar surface area (TPSA) is 12.5 Å². The lowest BCUT2D eigenvalue weighted by Crippen LogP contribution is -2.45. The molecule has 1 rings (SSSR count). The maximum absolute atomic E-state index is 6.20. The third-order valence-electron chi connectivity index (χ3n) is 3.86. The number of piperidine rings is 1. The second kappa shape index (κ2) is 4.98. The van der Waals surface area contributed by atoms with Crippen LogP contribution in [0.15, 0.2) is 0 Å². The summed E-state index contributed by atoms with van der Waals surface area (Å²) in [6.07, 6.45) is 4.10. The van der Waals surface area contributed by atoms with Crippen LogP contribution in [0.25, 0.3) is 0 Å². The molecule has 0 aliphatic carbocycles. The van der Waals surface area contributed by atoms with Gasteiger partial charge in [-0.15, -0.1) is 0 Å². The van der Waals surface area contributed by atoms with Crippen molar-refractivity contribution in [3.8, 4) is 0 Å². The van der Waals surface area contributed by atoms with Crippen molar-refractivity contribution in [1.29, 1.82) is 0 Å². The number of nitrogens with zero attached hydrogens (tertiary/aromatic N) is 1. The average molecular weight is 229 g/mol. The van der Waals surface area contributed by atoms with E-state index in [4.69, 9.17) is 4.43 Å². The Morgan fingerprint density at radius 2 is 1.60 bits per heavy atom. The normalized spacial score (nSPS) is 20.6. The summed E-state index contributed by atoms with van der Waals surface area (Å²) in [7, 11) is -1.53. The van der Waals surface area contributed by atoms with Crippen LogP contribution in [-0.4, -0.2) is 33.0 Å². The molecule has 1 heterocycles. The van der Waals surface area contributed by atoms with Gasteiger partial charge in [-0.05, 0) is 31.0 Å².